The van der Waals surface area contributed by atoms with Crippen LogP contribution in [0.4, 0.5) is 0 Å². The Morgan fingerprint density at radius 2 is 2.31 bits per heavy atom. The topological polar surface area (TPSA) is 105 Å². The Morgan fingerprint density at radius 3 is 2.75 bits per heavy atom. The van der Waals surface area contributed by atoms with E-state index >= 15 is 0 Å². The van der Waals surface area contributed by atoms with Gasteiger partial charge in [0.15, 0.2) is 5.96 Å². The maximum atomic E-state index is 5.86. The fourth-order valence-corrected chi connectivity index (χ4v) is 1.02. The van der Waals surface area contributed by atoms with Crippen molar-refractivity contribution in [3.05, 3.63) is 24.2 Å². The van der Waals surface area contributed by atoms with E-state index in [0.717, 1.165) is 25.1 Å². The molecule has 16 heavy (non-hydrogen) atoms. The Morgan fingerprint density at radius 1 is 1.69 bits per heavy atom. The van der Waals surface area contributed by atoms with Crippen LogP contribution in [0.1, 0.15) is 5.76 Å². The lowest BCUT2D eigenvalue weighted by atomic mass is 10.3. The quantitative estimate of drug-likeness (QED) is 0.506. The molecule has 6 nitrogen and oxygen atoms in total. The van der Waals surface area contributed by atoms with Crippen molar-refractivity contribution in [1.29, 1.82) is 5.41 Å². The standard InChI is InChI=1S/C9H15N3O.CH4N2/c1-11-9(10)12(2)6-5-8-4-3-7-13-8;2-1-3/h3-4,7H,5-6H2,1-2H3,(H2,10,11);1H,(H3,2,3). The van der Waals surface area contributed by atoms with Crippen LogP contribution in [0.2, 0.25) is 0 Å². The first-order valence-electron chi connectivity index (χ1n) is 4.82. The maximum absolute atomic E-state index is 5.86. The Balaban J connectivity index is 0.000000673. The summed E-state index contributed by atoms with van der Waals surface area (Å²) >= 11 is 0. The van der Waals surface area contributed by atoms with E-state index in [2.05, 4.69) is 10.7 Å². The molecular formula is C10H19N5O. The molecule has 0 aromatic carbocycles. The Hall–Kier alpha value is -1.98. The van der Waals surface area contributed by atoms with Gasteiger partial charge in [0.1, 0.15) is 5.76 Å². The zero-order valence-electron chi connectivity index (χ0n) is 9.68. The van der Waals surface area contributed by atoms with Crippen LogP contribution >= 0.6 is 0 Å². The van der Waals surface area contributed by atoms with Crippen molar-refractivity contribution in [2.45, 2.75) is 6.42 Å². The highest BCUT2D eigenvalue weighted by Gasteiger charge is 2.01. The summed E-state index contributed by atoms with van der Waals surface area (Å²) in [5.74, 6) is 1.52. The third-order valence-corrected chi connectivity index (χ3v) is 1.89. The van der Waals surface area contributed by atoms with Gasteiger partial charge in [0.25, 0.3) is 0 Å². The van der Waals surface area contributed by atoms with Gasteiger partial charge in [0.05, 0.1) is 12.6 Å². The predicted octanol–water partition coefficient (Wildman–Crippen LogP) is 0.251. The lowest BCUT2D eigenvalue weighted by Crippen LogP contribution is -2.35. The molecule has 1 aromatic rings. The highest BCUT2D eigenvalue weighted by molar-refractivity contribution is 5.77. The van der Waals surface area contributed by atoms with Crippen LogP contribution in [0.5, 0.6) is 0 Å². The van der Waals surface area contributed by atoms with Crippen molar-refractivity contribution in [2.24, 2.45) is 16.5 Å². The molecule has 0 fully saturated rings. The smallest absolute Gasteiger partial charge is 0.190 e. The molecule has 0 spiro atoms. The zero-order valence-corrected chi connectivity index (χ0v) is 9.68. The summed E-state index contributed by atoms with van der Waals surface area (Å²) < 4.78 is 5.19. The monoisotopic (exact) mass is 225 g/mol. The second-order valence-corrected chi connectivity index (χ2v) is 3.00. The average molecular weight is 225 g/mol. The Kier molecular flexibility index (Phi) is 7.31. The van der Waals surface area contributed by atoms with E-state index in [0.29, 0.717) is 5.96 Å². The summed E-state index contributed by atoms with van der Waals surface area (Å²) in [6.07, 6.45) is 3.27. The Labute approximate surface area is 95.4 Å². The largest absolute Gasteiger partial charge is 0.469 e. The van der Waals surface area contributed by atoms with Crippen LogP contribution < -0.4 is 11.5 Å². The van der Waals surface area contributed by atoms with Crippen molar-refractivity contribution in [3.63, 3.8) is 0 Å². The molecule has 0 aliphatic rings. The molecule has 0 saturated heterocycles. The van der Waals surface area contributed by atoms with Crippen LogP contribution in [0.15, 0.2) is 27.8 Å². The van der Waals surface area contributed by atoms with Crippen molar-refractivity contribution in [2.75, 3.05) is 20.6 Å². The fourth-order valence-electron chi connectivity index (χ4n) is 1.02. The summed E-state index contributed by atoms with van der Waals surface area (Å²) in [5.41, 5.74) is 9.99. The van der Waals surface area contributed by atoms with E-state index in [1.165, 1.54) is 0 Å². The molecule has 90 valence electrons. The van der Waals surface area contributed by atoms with Gasteiger partial charge in [-0.05, 0) is 12.1 Å². The number of hydrogen-bond acceptors (Lipinski definition) is 3. The number of aliphatic imine (C=N–C) groups is 1. The number of nitrogens with zero attached hydrogens (tertiary/aromatic N) is 2. The second-order valence-electron chi connectivity index (χ2n) is 3.00. The van der Waals surface area contributed by atoms with Crippen LogP contribution in [0.3, 0.4) is 0 Å². The summed E-state index contributed by atoms with van der Waals surface area (Å²) in [6, 6.07) is 3.83. The first kappa shape index (κ1) is 14.0. The van der Waals surface area contributed by atoms with Crippen LogP contribution in [-0.4, -0.2) is 37.8 Å². The molecule has 1 heterocycles. The molecule has 0 aliphatic heterocycles. The van der Waals surface area contributed by atoms with Crippen molar-refractivity contribution < 1.29 is 4.42 Å². The molecule has 0 aliphatic carbocycles. The molecule has 6 heteroatoms. The van der Waals surface area contributed by atoms with Crippen molar-refractivity contribution in [3.8, 4) is 0 Å². The summed E-state index contributed by atoms with van der Waals surface area (Å²) in [5, 5.41) is 5.86. The van der Waals surface area contributed by atoms with E-state index in [1.807, 2.05) is 24.1 Å². The fraction of sp³-hybridized carbons (Fsp3) is 0.400. The molecule has 0 saturated carbocycles. The second kappa shape index (κ2) is 8.34. The molecule has 0 bridgehead atoms. The highest BCUT2D eigenvalue weighted by atomic mass is 16.3. The van der Waals surface area contributed by atoms with E-state index in [-0.39, 0.29) is 0 Å². The van der Waals surface area contributed by atoms with Gasteiger partial charge in [-0.15, -0.1) is 0 Å². The maximum Gasteiger partial charge on any atom is 0.190 e. The summed E-state index contributed by atoms with van der Waals surface area (Å²) in [6.45, 7) is 0.816. The predicted molar refractivity (Wildman–Crippen MR) is 65.6 cm³/mol. The van der Waals surface area contributed by atoms with Gasteiger partial charge in [0.2, 0.25) is 0 Å². The van der Waals surface area contributed by atoms with Gasteiger partial charge in [-0.25, -0.2) is 0 Å². The van der Waals surface area contributed by atoms with Gasteiger partial charge in [0, 0.05) is 27.1 Å². The Bertz CT molecular complexity index is 307. The van der Waals surface area contributed by atoms with Crippen molar-refractivity contribution in [1.82, 2.24) is 4.90 Å². The van der Waals surface area contributed by atoms with Crippen LogP contribution in [-0.2, 0) is 6.42 Å². The van der Waals surface area contributed by atoms with Gasteiger partial charge < -0.3 is 20.8 Å². The minimum absolute atomic E-state index is 0.548. The van der Waals surface area contributed by atoms with Crippen LogP contribution in [0.25, 0.3) is 0 Å². The number of likely N-dealkylation sites (N-methyl/N-ethyl adjacent to an activating group) is 1. The molecule has 1 rings (SSSR count). The number of guanidine groups is 1. The number of furan rings is 1. The average Bonchev–Trinajstić information content (AvgIpc) is 2.78. The molecule has 1 aromatic heterocycles. The molecule has 5 N–H and O–H groups in total. The normalized spacial score (nSPS) is 10.2. The zero-order chi connectivity index (χ0) is 12.4. The van der Waals surface area contributed by atoms with Crippen LogP contribution in [0, 0.1) is 5.41 Å². The van der Waals surface area contributed by atoms with E-state index in [4.69, 9.17) is 15.6 Å². The first-order chi connectivity index (χ1) is 7.65. The number of nitrogens with two attached hydrogens (primary N) is 2. The number of hydrogen-bond donors (Lipinski definition) is 3. The molecular weight excluding hydrogens is 206 g/mol. The van der Waals surface area contributed by atoms with E-state index < -0.39 is 0 Å². The molecule has 0 unspecified atom stereocenters. The van der Waals surface area contributed by atoms with E-state index in [9.17, 15) is 0 Å². The van der Waals surface area contributed by atoms with E-state index in [1.54, 1.807) is 13.3 Å². The minimum Gasteiger partial charge on any atom is -0.469 e. The van der Waals surface area contributed by atoms with Gasteiger partial charge in [-0.1, -0.05) is 0 Å². The molecule has 0 amide bonds. The number of rotatable bonds is 3. The van der Waals surface area contributed by atoms with Crippen molar-refractivity contribution >= 4 is 12.3 Å². The molecule has 0 atom stereocenters. The van der Waals surface area contributed by atoms with Gasteiger partial charge in [-0.3, -0.25) is 10.4 Å². The first-order valence-corrected chi connectivity index (χ1v) is 4.82. The third-order valence-electron chi connectivity index (χ3n) is 1.89. The number of nitrogens with one attached hydrogen (secondary N) is 1. The lowest BCUT2D eigenvalue weighted by molar-refractivity contribution is 0.448. The summed E-state index contributed by atoms with van der Waals surface area (Å²) in [7, 11) is 3.59. The summed E-state index contributed by atoms with van der Waals surface area (Å²) in [4.78, 5) is 5.77. The third kappa shape index (κ3) is 5.69. The molecule has 0 radical (unpaired) electrons. The highest BCUT2D eigenvalue weighted by Crippen LogP contribution is 2.01. The SMILES string of the molecule is CN=C(N)N(C)CCc1ccco1.N=CN. The van der Waals surface area contributed by atoms with Gasteiger partial charge >= 0.3 is 0 Å². The lowest BCUT2D eigenvalue weighted by Gasteiger charge is -2.16. The minimum atomic E-state index is 0.548. The van der Waals surface area contributed by atoms with Gasteiger partial charge in [-0.2, -0.15) is 0 Å².